The number of carboxylic acids is 1. The molecular weight excluding hydrogens is 404 g/mol. The number of Topliss-reactive ketones (excluding diaryl/α,β-unsaturated/α-hetero) is 1. The zero-order chi connectivity index (χ0) is 18.8. The predicted octanol–water partition coefficient (Wildman–Crippen LogP) is 3.93. The number of hydrogen-bond acceptors (Lipinski definition) is 5. The molecule has 7 heteroatoms. The fourth-order valence-corrected chi connectivity index (χ4v) is 2.83. The monoisotopic (exact) mass is 418 g/mol. The van der Waals surface area contributed by atoms with E-state index in [1.54, 1.807) is 31.4 Å². The Bertz CT molecular complexity index is 918. The first-order valence-electron chi connectivity index (χ1n) is 7.70. The van der Waals surface area contributed by atoms with Crippen LogP contribution in [0.1, 0.15) is 22.8 Å². The molecule has 2 aromatic carbocycles. The Morgan fingerprint density at radius 1 is 1.27 bits per heavy atom. The van der Waals surface area contributed by atoms with Gasteiger partial charge in [0.15, 0.2) is 11.9 Å². The van der Waals surface area contributed by atoms with Gasteiger partial charge >= 0.3 is 5.97 Å². The second kappa shape index (κ2) is 7.21. The Morgan fingerprint density at radius 2 is 2.04 bits per heavy atom. The number of methoxy groups -OCH3 is 1. The summed E-state index contributed by atoms with van der Waals surface area (Å²) in [7, 11) is 1.55. The average molecular weight is 419 g/mol. The molecule has 26 heavy (non-hydrogen) atoms. The first-order chi connectivity index (χ1) is 12.4. The van der Waals surface area contributed by atoms with Crippen molar-refractivity contribution >= 4 is 33.8 Å². The van der Waals surface area contributed by atoms with E-state index in [0.717, 1.165) is 4.47 Å². The third kappa shape index (κ3) is 3.57. The van der Waals surface area contributed by atoms with E-state index in [9.17, 15) is 9.59 Å². The number of ether oxygens (including phenoxy) is 3. The zero-order valence-corrected chi connectivity index (χ0v) is 15.6. The van der Waals surface area contributed by atoms with Gasteiger partial charge in [0.05, 0.1) is 12.7 Å². The Hall–Kier alpha value is -2.80. The molecule has 1 atom stereocenters. The molecule has 0 unspecified atom stereocenters. The zero-order valence-electron chi connectivity index (χ0n) is 14.0. The van der Waals surface area contributed by atoms with E-state index in [4.69, 9.17) is 19.3 Å². The van der Waals surface area contributed by atoms with Crippen LogP contribution in [0.2, 0.25) is 0 Å². The maximum Gasteiger partial charge on any atom is 0.344 e. The number of carbonyl (C=O) groups excluding carboxylic acids is 1. The molecule has 134 valence electrons. The van der Waals surface area contributed by atoms with E-state index in [-0.39, 0.29) is 11.5 Å². The minimum absolute atomic E-state index is 0.153. The van der Waals surface area contributed by atoms with Crippen LogP contribution < -0.4 is 14.2 Å². The van der Waals surface area contributed by atoms with Crippen molar-refractivity contribution in [2.24, 2.45) is 0 Å². The molecule has 0 saturated heterocycles. The molecule has 0 saturated carbocycles. The lowest BCUT2D eigenvalue weighted by Gasteiger charge is -2.10. The first kappa shape index (κ1) is 18.0. The fourth-order valence-electron chi connectivity index (χ4n) is 2.45. The van der Waals surface area contributed by atoms with Crippen molar-refractivity contribution in [3.05, 3.63) is 57.8 Å². The molecule has 0 radical (unpaired) electrons. The van der Waals surface area contributed by atoms with E-state index in [1.165, 1.54) is 13.0 Å². The molecule has 0 aromatic heterocycles. The van der Waals surface area contributed by atoms with Gasteiger partial charge in [-0.3, -0.25) is 4.79 Å². The number of benzene rings is 2. The number of carboxylic acid groups (broad SMARTS) is 1. The fraction of sp³-hybridized carbons (Fsp3) is 0.158. The number of carbonyl (C=O) groups is 2. The van der Waals surface area contributed by atoms with Gasteiger partial charge in [-0.1, -0.05) is 15.9 Å². The lowest BCUT2D eigenvalue weighted by atomic mass is 10.1. The summed E-state index contributed by atoms with van der Waals surface area (Å²) in [5, 5.41) is 8.92. The second-order valence-electron chi connectivity index (χ2n) is 5.58. The molecule has 0 spiro atoms. The number of rotatable bonds is 5. The van der Waals surface area contributed by atoms with Gasteiger partial charge < -0.3 is 19.3 Å². The van der Waals surface area contributed by atoms with Gasteiger partial charge in [-0.2, -0.15) is 0 Å². The number of halogens is 1. The highest BCUT2D eigenvalue weighted by Crippen LogP contribution is 2.36. The highest BCUT2D eigenvalue weighted by Gasteiger charge is 2.28. The molecule has 1 aliphatic heterocycles. The second-order valence-corrected chi connectivity index (χ2v) is 6.50. The van der Waals surface area contributed by atoms with Crippen molar-refractivity contribution in [2.45, 2.75) is 13.0 Å². The lowest BCUT2D eigenvalue weighted by Crippen LogP contribution is -2.22. The minimum atomic E-state index is -1.08. The van der Waals surface area contributed by atoms with E-state index < -0.39 is 12.1 Å². The van der Waals surface area contributed by atoms with Crippen molar-refractivity contribution in [1.82, 2.24) is 0 Å². The van der Waals surface area contributed by atoms with Gasteiger partial charge in [0.2, 0.25) is 5.78 Å². The topological polar surface area (TPSA) is 82.1 Å². The van der Waals surface area contributed by atoms with E-state index in [1.807, 2.05) is 12.1 Å². The molecule has 0 amide bonds. The molecule has 2 aromatic rings. The van der Waals surface area contributed by atoms with Crippen LogP contribution in [0.4, 0.5) is 0 Å². The van der Waals surface area contributed by atoms with E-state index in [2.05, 4.69) is 15.9 Å². The predicted molar refractivity (Wildman–Crippen MR) is 97.8 cm³/mol. The smallest absolute Gasteiger partial charge is 0.344 e. The van der Waals surface area contributed by atoms with Crippen LogP contribution in [0.5, 0.6) is 17.2 Å². The Labute approximate surface area is 158 Å². The van der Waals surface area contributed by atoms with Crippen LogP contribution in [-0.4, -0.2) is 30.1 Å². The highest BCUT2D eigenvalue weighted by molar-refractivity contribution is 9.10. The molecule has 3 rings (SSSR count). The standard InChI is InChI=1S/C19H15BrO6/c1-10(19(22)23)25-13-4-5-14-16(9-13)26-17(18(14)21)8-11-7-12(20)3-6-15(11)24-2/h3-10H,1-2H3,(H,22,23)/t10-/m0/s1. The number of hydrogen-bond donors (Lipinski definition) is 1. The maximum atomic E-state index is 12.5. The molecule has 1 N–H and O–H groups in total. The summed E-state index contributed by atoms with van der Waals surface area (Å²) in [5.74, 6) is 0.0509. The third-order valence-electron chi connectivity index (χ3n) is 3.78. The van der Waals surface area contributed by atoms with Crippen LogP contribution in [0.3, 0.4) is 0 Å². The highest BCUT2D eigenvalue weighted by atomic mass is 79.9. The summed E-state index contributed by atoms with van der Waals surface area (Å²) in [6.45, 7) is 1.42. The van der Waals surface area contributed by atoms with Crippen LogP contribution in [0, 0.1) is 0 Å². The van der Waals surface area contributed by atoms with Crippen LogP contribution >= 0.6 is 15.9 Å². The number of allylic oxidation sites excluding steroid dienone is 1. The van der Waals surface area contributed by atoms with Crippen molar-refractivity contribution in [3.63, 3.8) is 0 Å². The summed E-state index contributed by atoms with van der Waals surface area (Å²) in [4.78, 5) is 23.4. The molecule has 1 aliphatic rings. The van der Waals surface area contributed by atoms with Crippen molar-refractivity contribution in [3.8, 4) is 17.2 Å². The average Bonchev–Trinajstić information content (AvgIpc) is 2.90. The van der Waals surface area contributed by atoms with Gasteiger partial charge in [0.1, 0.15) is 17.2 Å². The Balaban J connectivity index is 1.90. The summed E-state index contributed by atoms with van der Waals surface area (Å²) in [6, 6.07) is 10.0. The van der Waals surface area contributed by atoms with Gasteiger partial charge in [-0.15, -0.1) is 0 Å². The lowest BCUT2D eigenvalue weighted by molar-refractivity contribution is -0.144. The number of aliphatic carboxylic acids is 1. The van der Waals surface area contributed by atoms with Crippen molar-refractivity contribution < 1.29 is 28.9 Å². The molecule has 1 heterocycles. The summed E-state index contributed by atoms with van der Waals surface area (Å²) in [6.07, 6.45) is 0.595. The van der Waals surface area contributed by atoms with Gasteiger partial charge in [-0.05, 0) is 43.3 Å². The van der Waals surface area contributed by atoms with Crippen LogP contribution in [-0.2, 0) is 4.79 Å². The summed E-state index contributed by atoms with van der Waals surface area (Å²) >= 11 is 3.39. The molecule has 6 nitrogen and oxygen atoms in total. The van der Waals surface area contributed by atoms with Gasteiger partial charge in [-0.25, -0.2) is 4.79 Å². The first-order valence-corrected chi connectivity index (χ1v) is 8.49. The van der Waals surface area contributed by atoms with Gasteiger partial charge in [0.25, 0.3) is 0 Å². The molecular formula is C19H15BrO6. The number of fused-ring (bicyclic) bond motifs is 1. The van der Waals surface area contributed by atoms with Crippen LogP contribution in [0.25, 0.3) is 6.08 Å². The SMILES string of the molecule is COc1ccc(Br)cc1C=C1Oc2cc(O[C@@H](C)C(=O)O)ccc2C1=O. The van der Waals surface area contributed by atoms with Crippen LogP contribution in [0.15, 0.2) is 46.6 Å². The molecule has 0 fully saturated rings. The molecule has 0 bridgehead atoms. The molecule has 0 aliphatic carbocycles. The number of ketones is 1. The minimum Gasteiger partial charge on any atom is -0.496 e. The van der Waals surface area contributed by atoms with Crippen molar-refractivity contribution in [1.29, 1.82) is 0 Å². The Morgan fingerprint density at radius 3 is 2.73 bits per heavy atom. The van der Waals surface area contributed by atoms with E-state index >= 15 is 0 Å². The third-order valence-corrected chi connectivity index (χ3v) is 4.27. The largest absolute Gasteiger partial charge is 0.496 e. The van der Waals surface area contributed by atoms with Gasteiger partial charge in [0, 0.05) is 16.1 Å². The summed E-state index contributed by atoms with van der Waals surface area (Å²) in [5.41, 5.74) is 1.08. The Kier molecular flexibility index (Phi) is 4.99. The quantitative estimate of drug-likeness (QED) is 0.740. The van der Waals surface area contributed by atoms with E-state index in [0.29, 0.717) is 28.4 Å². The normalized spacial score (nSPS) is 15.3. The van der Waals surface area contributed by atoms with Crippen molar-refractivity contribution in [2.75, 3.05) is 7.11 Å². The summed E-state index contributed by atoms with van der Waals surface area (Å²) < 4.78 is 17.1. The maximum absolute atomic E-state index is 12.5.